The average molecular weight is 461 g/mol. The van der Waals surface area contributed by atoms with Gasteiger partial charge in [0.2, 0.25) is 0 Å². The average Bonchev–Trinajstić information content (AvgIpc) is 3.16. The zero-order valence-electron chi connectivity index (χ0n) is 15.5. The molecule has 0 aliphatic carbocycles. The zero-order chi connectivity index (χ0) is 21.1. The van der Waals surface area contributed by atoms with Crippen LogP contribution >= 0.6 is 34.5 Å². The number of rotatable bonds is 6. The molecule has 0 aliphatic heterocycles. The van der Waals surface area contributed by atoms with Gasteiger partial charge in [-0.15, -0.1) is 0 Å². The van der Waals surface area contributed by atoms with E-state index in [0.29, 0.717) is 20.9 Å². The van der Waals surface area contributed by atoms with E-state index in [1.807, 2.05) is 24.3 Å². The van der Waals surface area contributed by atoms with Crippen LogP contribution in [0.1, 0.15) is 5.56 Å². The molecule has 4 nitrogen and oxygen atoms in total. The maximum absolute atomic E-state index is 13.3. The van der Waals surface area contributed by atoms with Gasteiger partial charge in [0, 0.05) is 5.02 Å². The third kappa shape index (κ3) is 4.73. The number of benzene rings is 3. The first-order chi connectivity index (χ1) is 14.5. The number of nitrogens with zero attached hydrogens (tertiary/aromatic N) is 2. The number of hydrogen-bond donors (Lipinski definition) is 0. The van der Waals surface area contributed by atoms with E-state index in [2.05, 4.69) is 4.98 Å². The lowest BCUT2D eigenvalue weighted by Crippen LogP contribution is -2.34. The number of carbonyl (C=O) groups excluding carboxylic acids is 1. The van der Waals surface area contributed by atoms with Crippen LogP contribution in [0.4, 0.5) is 9.52 Å². The Morgan fingerprint density at radius 2 is 1.83 bits per heavy atom. The molecule has 1 aromatic heterocycles. The first-order valence-electron chi connectivity index (χ1n) is 8.98. The van der Waals surface area contributed by atoms with Crippen LogP contribution in [0, 0.1) is 5.82 Å². The number of fused-ring (bicyclic) bond motifs is 1. The van der Waals surface area contributed by atoms with Gasteiger partial charge in [0.05, 0.1) is 21.8 Å². The molecule has 3 aromatic carbocycles. The highest BCUT2D eigenvalue weighted by molar-refractivity contribution is 7.22. The van der Waals surface area contributed by atoms with Crippen LogP contribution in [-0.4, -0.2) is 17.5 Å². The maximum atomic E-state index is 13.3. The maximum Gasteiger partial charge on any atom is 0.267 e. The minimum atomic E-state index is -0.336. The molecule has 0 bridgehead atoms. The minimum Gasteiger partial charge on any atom is -0.482 e. The molecule has 0 unspecified atom stereocenters. The van der Waals surface area contributed by atoms with Crippen molar-refractivity contribution in [2.24, 2.45) is 0 Å². The number of thiazole rings is 1. The van der Waals surface area contributed by atoms with Gasteiger partial charge < -0.3 is 4.74 Å². The number of halogens is 3. The highest BCUT2D eigenvalue weighted by Crippen LogP contribution is 2.31. The Kier molecular flexibility index (Phi) is 6.18. The molecule has 1 heterocycles. The Bertz CT molecular complexity index is 1160. The topological polar surface area (TPSA) is 42.4 Å². The number of aromatic nitrogens is 1. The Labute approximate surface area is 186 Å². The Morgan fingerprint density at radius 1 is 1.07 bits per heavy atom. The van der Waals surface area contributed by atoms with E-state index in [1.165, 1.54) is 28.4 Å². The number of para-hydroxylation sites is 1. The summed E-state index contributed by atoms with van der Waals surface area (Å²) in [6.45, 7) is -0.00484. The van der Waals surface area contributed by atoms with Crippen molar-refractivity contribution in [1.29, 1.82) is 0 Å². The lowest BCUT2D eigenvalue weighted by atomic mass is 10.2. The molecule has 0 N–H and O–H groups in total. The Hall–Kier alpha value is -2.67. The van der Waals surface area contributed by atoms with Crippen LogP contribution in [0.5, 0.6) is 5.75 Å². The van der Waals surface area contributed by atoms with Gasteiger partial charge in [0.15, 0.2) is 11.7 Å². The van der Waals surface area contributed by atoms with Crippen LogP contribution in [0.2, 0.25) is 10.0 Å². The molecule has 4 rings (SSSR count). The second kappa shape index (κ2) is 9.00. The summed E-state index contributed by atoms with van der Waals surface area (Å²) in [5.74, 6) is -0.276. The van der Waals surface area contributed by atoms with Crippen molar-refractivity contribution in [1.82, 2.24) is 4.98 Å². The zero-order valence-corrected chi connectivity index (χ0v) is 17.8. The van der Waals surface area contributed by atoms with Crippen LogP contribution in [0.3, 0.4) is 0 Å². The van der Waals surface area contributed by atoms with Gasteiger partial charge in [-0.2, -0.15) is 0 Å². The van der Waals surface area contributed by atoms with Gasteiger partial charge in [-0.1, -0.05) is 58.8 Å². The van der Waals surface area contributed by atoms with Crippen LogP contribution < -0.4 is 9.64 Å². The van der Waals surface area contributed by atoms with Gasteiger partial charge in [0.1, 0.15) is 11.6 Å². The molecule has 8 heteroatoms. The van der Waals surface area contributed by atoms with Gasteiger partial charge in [-0.25, -0.2) is 9.37 Å². The van der Waals surface area contributed by atoms with Crippen LogP contribution in [0.15, 0.2) is 66.7 Å². The van der Waals surface area contributed by atoms with E-state index in [4.69, 9.17) is 27.9 Å². The lowest BCUT2D eigenvalue weighted by Gasteiger charge is -2.20. The lowest BCUT2D eigenvalue weighted by molar-refractivity contribution is -0.120. The summed E-state index contributed by atoms with van der Waals surface area (Å²) in [6.07, 6.45) is 0. The number of anilines is 1. The number of amides is 1. The second-order valence-electron chi connectivity index (χ2n) is 6.43. The smallest absolute Gasteiger partial charge is 0.267 e. The number of ether oxygens (including phenoxy) is 1. The molecule has 0 fully saturated rings. The molecule has 152 valence electrons. The van der Waals surface area contributed by atoms with Crippen molar-refractivity contribution in [2.75, 3.05) is 11.5 Å². The first kappa shape index (κ1) is 20.6. The summed E-state index contributed by atoms with van der Waals surface area (Å²) < 4.78 is 19.9. The van der Waals surface area contributed by atoms with E-state index in [9.17, 15) is 9.18 Å². The highest BCUT2D eigenvalue weighted by Gasteiger charge is 2.21. The summed E-state index contributed by atoms with van der Waals surface area (Å²) in [6, 6.07) is 18.4. The summed E-state index contributed by atoms with van der Waals surface area (Å²) in [7, 11) is 0. The molecular weight excluding hydrogens is 446 g/mol. The third-order valence-electron chi connectivity index (χ3n) is 4.31. The fourth-order valence-corrected chi connectivity index (χ4v) is 4.27. The molecule has 0 radical (unpaired) electrons. The van der Waals surface area contributed by atoms with Crippen molar-refractivity contribution in [3.05, 3.63) is 88.2 Å². The Balaban J connectivity index is 1.59. The predicted octanol–water partition coefficient (Wildman–Crippen LogP) is 6.35. The molecule has 0 spiro atoms. The predicted molar refractivity (Wildman–Crippen MR) is 119 cm³/mol. The van der Waals surface area contributed by atoms with Crippen molar-refractivity contribution in [3.8, 4) is 5.75 Å². The standard InChI is InChI=1S/C22H15Cl2FN2O2S/c23-15-7-10-19(17(24)11-15)29-13-21(28)27(12-14-5-8-16(25)9-6-14)22-26-18-3-1-2-4-20(18)30-22/h1-11H,12-13H2. The third-order valence-corrected chi connectivity index (χ3v) is 5.90. The molecular formula is C22H15Cl2FN2O2S. The highest BCUT2D eigenvalue weighted by atomic mass is 35.5. The molecule has 0 atom stereocenters. The SMILES string of the molecule is O=C(COc1ccc(Cl)cc1Cl)N(Cc1ccc(F)cc1)c1nc2ccccc2s1. The summed E-state index contributed by atoms with van der Waals surface area (Å²) in [5, 5.41) is 1.34. The molecule has 1 amide bonds. The van der Waals surface area contributed by atoms with Gasteiger partial charge in [-0.3, -0.25) is 9.69 Å². The monoisotopic (exact) mass is 460 g/mol. The Morgan fingerprint density at radius 3 is 2.57 bits per heavy atom. The molecule has 0 aliphatic rings. The number of hydrogen-bond acceptors (Lipinski definition) is 4. The van der Waals surface area contributed by atoms with Crippen LogP contribution in [-0.2, 0) is 11.3 Å². The molecule has 30 heavy (non-hydrogen) atoms. The van der Waals surface area contributed by atoms with Crippen molar-refractivity contribution in [2.45, 2.75) is 6.54 Å². The normalized spacial score (nSPS) is 10.9. The summed E-state index contributed by atoms with van der Waals surface area (Å²) in [5.41, 5.74) is 1.57. The van der Waals surface area contributed by atoms with E-state index in [1.54, 1.807) is 30.3 Å². The largest absolute Gasteiger partial charge is 0.482 e. The molecule has 0 saturated heterocycles. The van der Waals surface area contributed by atoms with Gasteiger partial charge in [-0.05, 0) is 48.0 Å². The number of carbonyl (C=O) groups is 1. The summed E-state index contributed by atoms with van der Waals surface area (Å²) >= 11 is 13.4. The van der Waals surface area contributed by atoms with Crippen molar-refractivity contribution in [3.63, 3.8) is 0 Å². The molecule has 0 saturated carbocycles. The minimum absolute atomic E-state index is 0.233. The van der Waals surface area contributed by atoms with Crippen LogP contribution in [0.25, 0.3) is 10.2 Å². The van der Waals surface area contributed by atoms with E-state index in [-0.39, 0.29) is 24.9 Å². The summed E-state index contributed by atoms with van der Waals surface area (Å²) in [4.78, 5) is 19.2. The first-order valence-corrected chi connectivity index (χ1v) is 10.5. The van der Waals surface area contributed by atoms with Crippen molar-refractivity contribution >= 4 is 55.8 Å². The van der Waals surface area contributed by atoms with E-state index < -0.39 is 0 Å². The van der Waals surface area contributed by atoms with Gasteiger partial charge >= 0.3 is 0 Å². The van der Waals surface area contributed by atoms with E-state index in [0.717, 1.165) is 15.8 Å². The van der Waals surface area contributed by atoms with E-state index >= 15 is 0 Å². The second-order valence-corrected chi connectivity index (χ2v) is 8.29. The quantitative estimate of drug-likeness (QED) is 0.336. The van der Waals surface area contributed by atoms with Crippen molar-refractivity contribution < 1.29 is 13.9 Å². The fraction of sp³-hybridized carbons (Fsp3) is 0.0909. The van der Waals surface area contributed by atoms with Gasteiger partial charge in [0.25, 0.3) is 5.91 Å². The fourth-order valence-electron chi connectivity index (χ4n) is 2.82. The molecule has 4 aromatic rings.